The van der Waals surface area contributed by atoms with Gasteiger partial charge in [0.25, 0.3) is 0 Å². The molecule has 1 aromatic carbocycles. The summed E-state index contributed by atoms with van der Waals surface area (Å²) in [5.41, 5.74) is 3.74. The number of hydrogen-bond donors (Lipinski definition) is 0. The molecule has 4 nitrogen and oxygen atoms in total. The molecule has 0 bridgehead atoms. The molecule has 0 aliphatic heterocycles. The lowest BCUT2D eigenvalue weighted by Gasteiger charge is -2.09. The van der Waals surface area contributed by atoms with E-state index in [4.69, 9.17) is 5.10 Å². The quantitative estimate of drug-likeness (QED) is 0.687. The molecule has 3 aromatic rings. The molecular weight excluding hydrogens is 303 g/mol. The van der Waals surface area contributed by atoms with Gasteiger partial charge in [0.2, 0.25) is 0 Å². The number of halogens is 1. The average Bonchev–Trinajstić information content (AvgIpc) is 2.95. The first-order chi connectivity index (χ1) is 11.7. The largest absolute Gasteiger partial charge is 0.264 e. The minimum absolute atomic E-state index is 0.203. The molecule has 0 saturated heterocycles. The Morgan fingerprint density at radius 3 is 2.46 bits per heavy atom. The number of benzene rings is 1. The van der Waals surface area contributed by atoms with Crippen molar-refractivity contribution in [2.75, 3.05) is 0 Å². The van der Waals surface area contributed by atoms with Crippen LogP contribution < -0.4 is 0 Å². The van der Waals surface area contributed by atoms with Crippen molar-refractivity contribution in [3.8, 4) is 11.5 Å². The second-order valence-electron chi connectivity index (χ2n) is 5.70. The standard InChI is InChI=1S/C19H21FN4/c1-3-8-17-15(4-2)18(19-21-11-7-12-22-19)23-24(17)13-14-9-5-6-10-16(14)20/h5-7,9-12H,3-4,8,13H2,1-2H3. The number of nitrogens with zero attached hydrogens (tertiary/aromatic N) is 4. The van der Waals surface area contributed by atoms with E-state index in [0.29, 0.717) is 17.9 Å². The third kappa shape index (κ3) is 3.20. The lowest BCUT2D eigenvalue weighted by atomic mass is 10.1. The summed E-state index contributed by atoms with van der Waals surface area (Å²) in [6, 6.07) is 8.63. The number of hydrogen-bond acceptors (Lipinski definition) is 3. The summed E-state index contributed by atoms with van der Waals surface area (Å²) in [5.74, 6) is 0.421. The fourth-order valence-electron chi connectivity index (χ4n) is 2.94. The summed E-state index contributed by atoms with van der Waals surface area (Å²) >= 11 is 0. The SMILES string of the molecule is CCCc1c(CC)c(-c2ncccn2)nn1Cc1ccccc1F. The Morgan fingerprint density at radius 2 is 1.79 bits per heavy atom. The van der Waals surface area contributed by atoms with Gasteiger partial charge < -0.3 is 0 Å². The van der Waals surface area contributed by atoms with E-state index in [1.54, 1.807) is 30.6 Å². The highest BCUT2D eigenvalue weighted by molar-refractivity contribution is 5.56. The van der Waals surface area contributed by atoms with Crippen molar-refractivity contribution in [2.45, 2.75) is 39.7 Å². The zero-order valence-electron chi connectivity index (χ0n) is 14.0. The van der Waals surface area contributed by atoms with Crippen LogP contribution in [0.2, 0.25) is 0 Å². The lowest BCUT2D eigenvalue weighted by molar-refractivity contribution is 0.573. The predicted octanol–water partition coefficient (Wildman–Crippen LogP) is 4.04. The van der Waals surface area contributed by atoms with Gasteiger partial charge in [0.1, 0.15) is 11.5 Å². The second-order valence-corrected chi connectivity index (χ2v) is 5.70. The predicted molar refractivity (Wildman–Crippen MR) is 92.1 cm³/mol. The van der Waals surface area contributed by atoms with E-state index in [-0.39, 0.29) is 5.82 Å². The Bertz CT molecular complexity index is 811. The van der Waals surface area contributed by atoms with Gasteiger partial charge in [0.05, 0.1) is 6.54 Å². The van der Waals surface area contributed by atoms with Gasteiger partial charge in [-0.2, -0.15) is 5.10 Å². The summed E-state index contributed by atoms with van der Waals surface area (Å²) in [6.45, 7) is 4.66. The molecule has 2 aromatic heterocycles. The van der Waals surface area contributed by atoms with Crippen LogP contribution in [-0.2, 0) is 19.4 Å². The van der Waals surface area contributed by atoms with E-state index in [1.165, 1.54) is 6.07 Å². The van der Waals surface area contributed by atoms with Gasteiger partial charge in [-0.3, -0.25) is 4.68 Å². The van der Waals surface area contributed by atoms with Crippen molar-refractivity contribution in [1.82, 2.24) is 19.7 Å². The first-order valence-corrected chi connectivity index (χ1v) is 8.33. The molecule has 0 fully saturated rings. The molecule has 2 heterocycles. The Labute approximate surface area is 141 Å². The fourth-order valence-corrected chi connectivity index (χ4v) is 2.94. The first-order valence-electron chi connectivity index (χ1n) is 8.33. The fraction of sp³-hybridized carbons (Fsp3) is 0.316. The van der Waals surface area contributed by atoms with E-state index >= 15 is 0 Å². The third-order valence-electron chi connectivity index (χ3n) is 4.06. The van der Waals surface area contributed by atoms with Crippen molar-refractivity contribution < 1.29 is 4.39 Å². The Hall–Kier alpha value is -2.56. The first kappa shape index (κ1) is 16.3. The van der Waals surface area contributed by atoms with Gasteiger partial charge in [-0.15, -0.1) is 0 Å². The summed E-state index contributed by atoms with van der Waals surface area (Å²) in [4.78, 5) is 8.67. The summed E-state index contributed by atoms with van der Waals surface area (Å²) in [7, 11) is 0. The molecule has 0 atom stereocenters. The molecule has 0 spiro atoms. The van der Waals surface area contributed by atoms with Crippen LogP contribution in [0.5, 0.6) is 0 Å². The van der Waals surface area contributed by atoms with Crippen LogP contribution in [-0.4, -0.2) is 19.7 Å². The monoisotopic (exact) mass is 324 g/mol. The van der Waals surface area contributed by atoms with E-state index < -0.39 is 0 Å². The van der Waals surface area contributed by atoms with Gasteiger partial charge in [-0.05, 0) is 25.0 Å². The zero-order valence-corrected chi connectivity index (χ0v) is 14.0. The van der Waals surface area contributed by atoms with E-state index in [2.05, 4.69) is 23.8 Å². The van der Waals surface area contributed by atoms with Crippen LogP contribution in [0.25, 0.3) is 11.5 Å². The van der Waals surface area contributed by atoms with Crippen LogP contribution >= 0.6 is 0 Å². The highest BCUT2D eigenvalue weighted by atomic mass is 19.1. The molecule has 0 aliphatic rings. The van der Waals surface area contributed by atoms with Gasteiger partial charge >= 0.3 is 0 Å². The van der Waals surface area contributed by atoms with E-state index in [1.807, 2.05) is 10.7 Å². The van der Waals surface area contributed by atoms with Crippen molar-refractivity contribution >= 4 is 0 Å². The van der Waals surface area contributed by atoms with Crippen LogP contribution in [0.15, 0.2) is 42.7 Å². The maximum absolute atomic E-state index is 14.0. The maximum Gasteiger partial charge on any atom is 0.180 e. The molecule has 24 heavy (non-hydrogen) atoms. The molecule has 0 N–H and O–H groups in total. The van der Waals surface area contributed by atoms with Crippen LogP contribution in [0.4, 0.5) is 4.39 Å². The maximum atomic E-state index is 14.0. The zero-order chi connectivity index (χ0) is 16.9. The van der Waals surface area contributed by atoms with Crippen molar-refractivity contribution in [1.29, 1.82) is 0 Å². The highest BCUT2D eigenvalue weighted by Gasteiger charge is 2.19. The van der Waals surface area contributed by atoms with Gasteiger partial charge in [0, 0.05) is 29.2 Å². The number of rotatable bonds is 6. The van der Waals surface area contributed by atoms with Gasteiger partial charge in [-0.25, -0.2) is 14.4 Å². The summed E-state index contributed by atoms with van der Waals surface area (Å²) < 4.78 is 15.9. The summed E-state index contributed by atoms with van der Waals surface area (Å²) in [6.07, 6.45) is 6.19. The average molecular weight is 324 g/mol. The molecule has 0 unspecified atom stereocenters. The molecule has 0 saturated carbocycles. The minimum atomic E-state index is -0.203. The van der Waals surface area contributed by atoms with Gasteiger partial charge in [0.15, 0.2) is 5.82 Å². The second kappa shape index (κ2) is 7.34. The third-order valence-corrected chi connectivity index (χ3v) is 4.06. The topological polar surface area (TPSA) is 43.6 Å². The lowest BCUT2D eigenvalue weighted by Crippen LogP contribution is -2.08. The molecule has 124 valence electrons. The van der Waals surface area contributed by atoms with Crippen LogP contribution in [0, 0.1) is 5.82 Å². The van der Waals surface area contributed by atoms with Crippen LogP contribution in [0.1, 0.15) is 37.1 Å². The Morgan fingerprint density at radius 1 is 1.04 bits per heavy atom. The highest BCUT2D eigenvalue weighted by Crippen LogP contribution is 2.25. The molecule has 0 aliphatic carbocycles. The van der Waals surface area contributed by atoms with Crippen molar-refractivity contribution in [3.05, 3.63) is 65.4 Å². The van der Waals surface area contributed by atoms with Gasteiger partial charge in [-0.1, -0.05) is 38.5 Å². The van der Waals surface area contributed by atoms with Crippen LogP contribution in [0.3, 0.4) is 0 Å². The Balaban J connectivity index is 2.08. The molecular formula is C19H21FN4. The van der Waals surface area contributed by atoms with Crippen molar-refractivity contribution in [3.63, 3.8) is 0 Å². The Kier molecular flexibility index (Phi) is 4.99. The van der Waals surface area contributed by atoms with E-state index in [0.717, 1.165) is 36.2 Å². The summed E-state index contributed by atoms with van der Waals surface area (Å²) in [5, 5.41) is 4.73. The smallest absolute Gasteiger partial charge is 0.180 e. The molecule has 3 rings (SSSR count). The normalized spacial score (nSPS) is 11.0. The molecule has 0 amide bonds. The number of aromatic nitrogens is 4. The van der Waals surface area contributed by atoms with Crippen molar-refractivity contribution in [2.24, 2.45) is 0 Å². The molecule has 5 heteroatoms. The minimum Gasteiger partial charge on any atom is -0.264 e. The molecule has 0 radical (unpaired) electrons. The van der Waals surface area contributed by atoms with E-state index in [9.17, 15) is 4.39 Å².